The molecule has 19 heavy (non-hydrogen) atoms. The Bertz CT molecular complexity index is 472. The summed E-state index contributed by atoms with van der Waals surface area (Å²) in [7, 11) is -3.27. The quantitative estimate of drug-likeness (QED) is 0.726. The fourth-order valence-electron chi connectivity index (χ4n) is 1.56. The van der Waals surface area contributed by atoms with Crippen molar-refractivity contribution in [1.82, 2.24) is 5.32 Å². The van der Waals surface area contributed by atoms with Crippen LogP contribution in [0.1, 0.15) is 26.7 Å². The molecule has 0 amide bonds. The average molecular weight is 305 g/mol. The van der Waals surface area contributed by atoms with E-state index in [1.54, 1.807) is 24.3 Å². The number of rotatable bonds is 8. The van der Waals surface area contributed by atoms with E-state index in [0.717, 1.165) is 13.0 Å². The zero-order valence-corrected chi connectivity index (χ0v) is 12.9. The van der Waals surface area contributed by atoms with E-state index in [0.29, 0.717) is 23.2 Å². The molecule has 0 bridgehead atoms. The molecule has 1 aromatic carbocycles. The van der Waals surface area contributed by atoms with Gasteiger partial charge in [0.25, 0.3) is 0 Å². The van der Waals surface area contributed by atoms with Gasteiger partial charge in [-0.25, -0.2) is 8.42 Å². The highest BCUT2D eigenvalue weighted by atomic mass is 35.5. The summed E-state index contributed by atoms with van der Waals surface area (Å²) in [4.78, 5) is 0. The molecule has 2 N–H and O–H groups in total. The van der Waals surface area contributed by atoms with Gasteiger partial charge in [-0.3, -0.25) is 4.72 Å². The molecule has 0 radical (unpaired) electrons. The van der Waals surface area contributed by atoms with Crippen molar-refractivity contribution in [3.63, 3.8) is 0 Å². The molecular formula is C13H21ClN2O2S. The van der Waals surface area contributed by atoms with Gasteiger partial charge in [-0.1, -0.05) is 25.4 Å². The predicted molar refractivity (Wildman–Crippen MR) is 81.2 cm³/mol. The normalized spacial score (nSPS) is 11.8. The van der Waals surface area contributed by atoms with Crippen LogP contribution in [0.25, 0.3) is 0 Å². The van der Waals surface area contributed by atoms with E-state index in [1.807, 2.05) is 0 Å². The Morgan fingerprint density at radius 3 is 2.37 bits per heavy atom. The lowest BCUT2D eigenvalue weighted by molar-refractivity contribution is 0.561. The number of benzene rings is 1. The summed E-state index contributed by atoms with van der Waals surface area (Å²) in [5.74, 6) is 0.134. The molecule has 4 nitrogen and oxygen atoms in total. The summed E-state index contributed by atoms with van der Waals surface area (Å²) < 4.78 is 26.2. The predicted octanol–water partition coefficient (Wildman–Crippen LogP) is 2.86. The number of unbranched alkanes of at least 4 members (excludes halogenated alkanes) is 1. The average Bonchev–Trinajstić information content (AvgIpc) is 2.31. The van der Waals surface area contributed by atoms with Crippen LogP contribution in [0.4, 0.5) is 5.69 Å². The molecule has 0 aliphatic rings. The SMILES string of the molecule is CC(C)NCCCCS(=O)(=O)Nc1ccc(Cl)cc1. The summed E-state index contributed by atoms with van der Waals surface area (Å²) in [6, 6.07) is 7.06. The second-order valence-electron chi connectivity index (χ2n) is 4.74. The van der Waals surface area contributed by atoms with Crippen molar-refractivity contribution in [2.45, 2.75) is 32.7 Å². The fraction of sp³-hybridized carbons (Fsp3) is 0.538. The molecule has 0 aliphatic carbocycles. The van der Waals surface area contributed by atoms with E-state index in [4.69, 9.17) is 11.6 Å². The minimum atomic E-state index is -3.27. The minimum Gasteiger partial charge on any atom is -0.315 e. The van der Waals surface area contributed by atoms with E-state index < -0.39 is 10.0 Å². The summed E-state index contributed by atoms with van der Waals surface area (Å²) >= 11 is 5.74. The van der Waals surface area contributed by atoms with Gasteiger partial charge in [-0.15, -0.1) is 0 Å². The number of halogens is 1. The molecular weight excluding hydrogens is 284 g/mol. The van der Waals surface area contributed by atoms with Gasteiger partial charge in [0.1, 0.15) is 0 Å². The number of hydrogen-bond donors (Lipinski definition) is 2. The number of nitrogens with one attached hydrogen (secondary N) is 2. The van der Waals surface area contributed by atoms with Gasteiger partial charge in [0.05, 0.1) is 5.75 Å². The molecule has 6 heteroatoms. The Kier molecular flexibility index (Phi) is 6.62. The lowest BCUT2D eigenvalue weighted by Crippen LogP contribution is -2.24. The first-order valence-corrected chi connectivity index (χ1v) is 8.41. The highest BCUT2D eigenvalue weighted by molar-refractivity contribution is 7.92. The highest BCUT2D eigenvalue weighted by Crippen LogP contribution is 2.15. The van der Waals surface area contributed by atoms with Gasteiger partial charge in [-0.05, 0) is 43.7 Å². The molecule has 0 saturated heterocycles. The number of sulfonamides is 1. The van der Waals surface area contributed by atoms with Crippen molar-refractivity contribution in [2.75, 3.05) is 17.0 Å². The van der Waals surface area contributed by atoms with E-state index in [-0.39, 0.29) is 5.75 Å². The van der Waals surface area contributed by atoms with Crippen molar-refractivity contribution in [3.05, 3.63) is 29.3 Å². The molecule has 0 saturated carbocycles. The van der Waals surface area contributed by atoms with Crippen LogP contribution in [0.15, 0.2) is 24.3 Å². The lowest BCUT2D eigenvalue weighted by atomic mass is 10.3. The Morgan fingerprint density at radius 1 is 1.16 bits per heavy atom. The van der Waals surface area contributed by atoms with Crippen LogP contribution >= 0.6 is 11.6 Å². The van der Waals surface area contributed by atoms with Crippen molar-refractivity contribution >= 4 is 27.3 Å². The van der Waals surface area contributed by atoms with Crippen molar-refractivity contribution in [2.24, 2.45) is 0 Å². The maximum Gasteiger partial charge on any atom is 0.232 e. The molecule has 108 valence electrons. The Morgan fingerprint density at radius 2 is 1.79 bits per heavy atom. The third-order valence-electron chi connectivity index (χ3n) is 2.51. The van der Waals surface area contributed by atoms with E-state index >= 15 is 0 Å². The second-order valence-corrected chi connectivity index (χ2v) is 7.02. The smallest absolute Gasteiger partial charge is 0.232 e. The minimum absolute atomic E-state index is 0.134. The van der Waals surface area contributed by atoms with Crippen molar-refractivity contribution < 1.29 is 8.42 Å². The molecule has 0 spiro atoms. The standard InChI is InChI=1S/C13H21ClN2O2S/c1-11(2)15-9-3-4-10-19(17,18)16-13-7-5-12(14)6-8-13/h5-8,11,15-16H,3-4,9-10H2,1-2H3. The van der Waals surface area contributed by atoms with Crippen LogP contribution in [-0.4, -0.2) is 26.8 Å². The second kappa shape index (κ2) is 7.72. The molecule has 0 atom stereocenters. The molecule has 0 aromatic heterocycles. The first-order chi connectivity index (χ1) is 8.89. The number of hydrogen-bond acceptors (Lipinski definition) is 3. The van der Waals surface area contributed by atoms with Gasteiger partial charge >= 0.3 is 0 Å². The Labute approximate surface area is 120 Å². The van der Waals surface area contributed by atoms with E-state index in [9.17, 15) is 8.42 Å². The van der Waals surface area contributed by atoms with Gasteiger partial charge in [-0.2, -0.15) is 0 Å². The first-order valence-electron chi connectivity index (χ1n) is 6.38. The molecule has 0 heterocycles. The topological polar surface area (TPSA) is 58.2 Å². The monoisotopic (exact) mass is 304 g/mol. The zero-order chi connectivity index (χ0) is 14.3. The Balaban J connectivity index is 2.34. The largest absolute Gasteiger partial charge is 0.315 e. The van der Waals surface area contributed by atoms with Gasteiger partial charge in [0, 0.05) is 16.8 Å². The molecule has 0 aliphatic heterocycles. The fourth-order valence-corrected chi connectivity index (χ4v) is 2.86. The molecule has 1 aromatic rings. The number of anilines is 1. The first kappa shape index (κ1) is 16.3. The zero-order valence-electron chi connectivity index (χ0n) is 11.3. The van der Waals surface area contributed by atoms with Crippen LogP contribution in [-0.2, 0) is 10.0 Å². The molecule has 0 unspecified atom stereocenters. The Hall–Kier alpha value is -0.780. The van der Waals surface area contributed by atoms with E-state index in [2.05, 4.69) is 23.9 Å². The lowest BCUT2D eigenvalue weighted by Gasteiger charge is -2.09. The summed E-state index contributed by atoms with van der Waals surface area (Å²) in [5.41, 5.74) is 0.546. The van der Waals surface area contributed by atoms with Gasteiger partial charge in [0.2, 0.25) is 10.0 Å². The summed E-state index contributed by atoms with van der Waals surface area (Å²) in [6.07, 6.45) is 1.49. The maximum absolute atomic E-state index is 11.8. The highest BCUT2D eigenvalue weighted by Gasteiger charge is 2.09. The molecule has 1 rings (SSSR count). The van der Waals surface area contributed by atoms with Crippen LogP contribution in [0.2, 0.25) is 5.02 Å². The van der Waals surface area contributed by atoms with Crippen molar-refractivity contribution in [1.29, 1.82) is 0 Å². The summed E-state index contributed by atoms with van der Waals surface area (Å²) in [5, 5.41) is 3.84. The van der Waals surface area contributed by atoms with Crippen LogP contribution in [0, 0.1) is 0 Å². The third kappa shape index (κ3) is 7.40. The molecule has 0 fully saturated rings. The van der Waals surface area contributed by atoms with Crippen LogP contribution in [0.3, 0.4) is 0 Å². The summed E-state index contributed by atoms with van der Waals surface area (Å²) in [6.45, 7) is 4.98. The van der Waals surface area contributed by atoms with Crippen LogP contribution < -0.4 is 10.0 Å². The van der Waals surface area contributed by atoms with Gasteiger partial charge < -0.3 is 5.32 Å². The third-order valence-corrected chi connectivity index (χ3v) is 4.13. The van der Waals surface area contributed by atoms with E-state index in [1.165, 1.54) is 0 Å². The van der Waals surface area contributed by atoms with Gasteiger partial charge in [0.15, 0.2) is 0 Å². The maximum atomic E-state index is 11.8. The van der Waals surface area contributed by atoms with Crippen molar-refractivity contribution in [3.8, 4) is 0 Å². The van der Waals surface area contributed by atoms with Crippen LogP contribution in [0.5, 0.6) is 0 Å².